The van der Waals surface area contributed by atoms with Crippen LogP contribution >= 0.6 is 0 Å². The van der Waals surface area contributed by atoms with Crippen molar-refractivity contribution in [2.75, 3.05) is 0 Å². The fourth-order valence-corrected chi connectivity index (χ4v) is 3.31. The summed E-state index contributed by atoms with van der Waals surface area (Å²) in [5.41, 5.74) is 9.14. The van der Waals surface area contributed by atoms with Gasteiger partial charge in [-0.15, -0.1) is 0 Å². The standard InChI is InChI=1S/C16H23N/c17-16-6-2-5-15(11-16)14-9-7-13(8-10-14)12-3-1-4-12/h7-10,12,15-16H,1-6,11,17H2. The van der Waals surface area contributed by atoms with Crippen LogP contribution in [0.4, 0.5) is 0 Å². The third-order valence-corrected chi connectivity index (χ3v) is 4.70. The third-order valence-electron chi connectivity index (χ3n) is 4.70. The molecule has 0 aliphatic heterocycles. The van der Waals surface area contributed by atoms with Gasteiger partial charge < -0.3 is 5.73 Å². The highest BCUT2D eigenvalue weighted by Crippen LogP contribution is 2.38. The molecule has 1 aromatic carbocycles. The summed E-state index contributed by atoms with van der Waals surface area (Å²) in [7, 11) is 0. The minimum absolute atomic E-state index is 0.431. The molecule has 2 fully saturated rings. The van der Waals surface area contributed by atoms with Gasteiger partial charge in [-0.1, -0.05) is 37.1 Å². The first-order valence-electron chi connectivity index (χ1n) is 7.18. The molecule has 17 heavy (non-hydrogen) atoms. The van der Waals surface area contributed by atoms with E-state index in [4.69, 9.17) is 5.73 Å². The molecule has 0 saturated heterocycles. The molecule has 0 radical (unpaired) electrons. The van der Waals surface area contributed by atoms with E-state index in [2.05, 4.69) is 24.3 Å². The highest BCUT2D eigenvalue weighted by atomic mass is 14.6. The largest absolute Gasteiger partial charge is 0.328 e. The van der Waals surface area contributed by atoms with Crippen LogP contribution in [-0.4, -0.2) is 6.04 Å². The Morgan fingerprint density at radius 1 is 0.765 bits per heavy atom. The summed E-state index contributed by atoms with van der Waals surface area (Å²) in [6, 6.07) is 9.87. The molecule has 2 aliphatic rings. The molecule has 1 aromatic rings. The molecule has 2 unspecified atom stereocenters. The molecule has 0 bridgehead atoms. The monoisotopic (exact) mass is 229 g/mol. The van der Waals surface area contributed by atoms with Gasteiger partial charge in [-0.05, 0) is 55.1 Å². The molecule has 1 nitrogen and oxygen atoms in total. The molecular weight excluding hydrogens is 206 g/mol. The van der Waals surface area contributed by atoms with E-state index in [9.17, 15) is 0 Å². The molecule has 0 aromatic heterocycles. The Hall–Kier alpha value is -0.820. The van der Waals surface area contributed by atoms with E-state index in [1.165, 1.54) is 50.5 Å². The van der Waals surface area contributed by atoms with Gasteiger partial charge in [0, 0.05) is 6.04 Å². The molecular formula is C16H23N. The van der Waals surface area contributed by atoms with Crippen molar-refractivity contribution in [2.45, 2.75) is 62.8 Å². The fraction of sp³-hybridized carbons (Fsp3) is 0.625. The first-order chi connectivity index (χ1) is 8.33. The molecule has 0 amide bonds. The van der Waals surface area contributed by atoms with Crippen LogP contribution in [0.5, 0.6) is 0 Å². The van der Waals surface area contributed by atoms with Gasteiger partial charge in [-0.3, -0.25) is 0 Å². The van der Waals surface area contributed by atoms with Gasteiger partial charge in [-0.25, -0.2) is 0 Å². The van der Waals surface area contributed by atoms with Gasteiger partial charge in [-0.2, -0.15) is 0 Å². The van der Waals surface area contributed by atoms with Crippen LogP contribution < -0.4 is 5.73 Å². The van der Waals surface area contributed by atoms with Gasteiger partial charge in [0.2, 0.25) is 0 Å². The summed E-state index contributed by atoms with van der Waals surface area (Å²) in [5.74, 6) is 1.58. The van der Waals surface area contributed by atoms with Crippen molar-refractivity contribution in [1.29, 1.82) is 0 Å². The Kier molecular flexibility index (Phi) is 3.19. The minimum atomic E-state index is 0.431. The fourth-order valence-electron chi connectivity index (χ4n) is 3.31. The van der Waals surface area contributed by atoms with Crippen molar-refractivity contribution < 1.29 is 0 Å². The van der Waals surface area contributed by atoms with Crippen LogP contribution in [0.3, 0.4) is 0 Å². The first-order valence-corrected chi connectivity index (χ1v) is 7.18. The maximum Gasteiger partial charge on any atom is 0.00446 e. The molecule has 3 rings (SSSR count). The van der Waals surface area contributed by atoms with Crippen molar-refractivity contribution in [3.05, 3.63) is 35.4 Å². The molecule has 1 heteroatoms. The Labute approximate surface area is 104 Å². The number of hydrogen-bond acceptors (Lipinski definition) is 1. The zero-order valence-electron chi connectivity index (χ0n) is 10.6. The summed E-state index contributed by atoms with van der Waals surface area (Å²) in [6.45, 7) is 0. The average molecular weight is 229 g/mol. The zero-order valence-corrected chi connectivity index (χ0v) is 10.6. The van der Waals surface area contributed by atoms with E-state index < -0.39 is 0 Å². The molecule has 2 saturated carbocycles. The number of rotatable bonds is 2. The van der Waals surface area contributed by atoms with Crippen LogP contribution in [0.25, 0.3) is 0 Å². The van der Waals surface area contributed by atoms with Crippen molar-refractivity contribution in [1.82, 2.24) is 0 Å². The average Bonchev–Trinajstić information content (AvgIpc) is 2.28. The number of benzene rings is 1. The van der Waals surface area contributed by atoms with E-state index in [1.807, 2.05) is 0 Å². The molecule has 0 spiro atoms. The van der Waals surface area contributed by atoms with Crippen molar-refractivity contribution in [3.63, 3.8) is 0 Å². The Morgan fingerprint density at radius 2 is 1.29 bits per heavy atom. The van der Waals surface area contributed by atoms with Crippen LogP contribution in [0.2, 0.25) is 0 Å². The third kappa shape index (κ3) is 2.40. The zero-order chi connectivity index (χ0) is 11.7. The van der Waals surface area contributed by atoms with E-state index in [0.29, 0.717) is 12.0 Å². The summed E-state index contributed by atoms with van der Waals surface area (Å²) < 4.78 is 0. The van der Waals surface area contributed by atoms with Crippen molar-refractivity contribution >= 4 is 0 Å². The number of hydrogen-bond donors (Lipinski definition) is 1. The summed E-state index contributed by atoms with van der Waals surface area (Å²) in [4.78, 5) is 0. The highest BCUT2D eigenvalue weighted by Gasteiger charge is 2.22. The molecule has 2 aliphatic carbocycles. The predicted octanol–water partition coefficient (Wildman–Crippen LogP) is 3.94. The van der Waals surface area contributed by atoms with E-state index in [1.54, 1.807) is 5.56 Å². The second-order valence-corrected chi connectivity index (χ2v) is 5.92. The second-order valence-electron chi connectivity index (χ2n) is 5.92. The lowest BCUT2D eigenvalue weighted by Crippen LogP contribution is -2.26. The Balaban J connectivity index is 1.70. The lowest BCUT2D eigenvalue weighted by atomic mass is 9.78. The smallest absolute Gasteiger partial charge is 0.00446 e. The van der Waals surface area contributed by atoms with E-state index >= 15 is 0 Å². The van der Waals surface area contributed by atoms with Crippen molar-refractivity contribution in [2.24, 2.45) is 5.73 Å². The molecule has 2 N–H and O–H groups in total. The summed E-state index contributed by atoms with van der Waals surface area (Å²) in [6.07, 6.45) is 9.25. The van der Waals surface area contributed by atoms with Gasteiger partial charge in [0.05, 0.1) is 0 Å². The summed E-state index contributed by atoms with van der Waals surface area (Å²) >= 11 is 0. The van der Waals surface area contributed by atoms with Crippen LogP contribution in [-0.2, 0) is 0 Å². The van der Waals surface area contributed by atoms with Crippen LogP contribution in [0.15, 0.2) is 24.3 Å². The maximum absolute atomic E-state index is 6.07. The molecule has 92 valence electrons. The maximum atomic E-state index is 6.07. The van der Waals surface area contributed by atoms with Gasteiger partial charge >= 0.3 is 0 Å². The highest BCUT2D eigenvalue weighted by molar-refractivity contribution is 5.29. The lowest BCUT2D eigenvalue weighted by molar-refractivity contribution is 0.392. The van der Waals surface area contributed by atoms with E-state index in [-0.39, 0.29) is 0 Å². The van der Waals surface area contributed by atoms with Gasteiger partial charge in [0.15, 0.2) is 0 Å². The van der Waals surface area contributed by atoms with Crippen LogP contribution in [0.1, 0.15) is 67.9 Å². The predicted molar refractivity (Wildman–Crippen MR) is 72.2 cm³/mol. The van der Waals surface area contributed by atoms with E-state index in [0.717, 1.165) is 5.92 Å². The Morgan fingerprint density at radius 3 is 1.82 bits per heavy atom. The summed E-state index contributed by atoms with van der Waals surface area (Å²) in [5, 5.41) is 0. The van der Waals surface area contributed by atoms with Gasteiger partial charge in [0.25, 0.3) is 0 Å². The topological polar surface area (TPSA) is 26.0 Å². The van der Waals surface area contributed by atoms with Crippen molar-refractivity contribution in [3.8, 4) is 0 Å². The second kappa shape index (κ2) is 4.81. The molecule has 0 heterocycles. The van der Waals surface area contributed by atoms with Crippen LogP contribution in [0, 0.1) is 0 Å². The normalized spacial score (nSPS) is 29.9. The lowest BCUT2D eigenvalue weighted by Gasteiger charge is -2.28. The van der Waals surface area contributed by atoms with Gasteiger partial charge in [0.1, 0.15) is 0 Å². The SMILES string of the molecule is NC1CCCC(c2ccc(C3CCC3)cc2)C1. The first kappa shape index (κ1) is 11.3. The molecule has 2 atom stereocenters. The Bertz CT molecular complexity index is 364. The minimum Gasteiger partial charge on any atom is -0.328 e. The quantitative estimate of drug-likeness (QED) is 0.816. The number of nitrogens with two attached hydrogens (primary N) is 1.